The molecule has 0 unspecified atom stereocenters. The summed E-state index contributed by atoms with van der Waals surface area (Å²) in [4.78, 5) is 15.7. The van der Waals surface area contributed by atoms with Crippen LogP contribution in [0.15, 0.2) is 29.6 Å². The molecule has 94 valence electrons. The Bertz CT molecular complexity index is 553. The first kappa shape index (κ1) is 13.1. The lowest BCUT2D eigenvalue weighted by Crippen LogP contribution is -2.01. The lowest BCUT2D eigenvalue weighted by molar-refractivity contribution is 0.101. The second-order valence-electron chi connectivity index (χ2n) is 3.67. The Kier molecular flexibility index (Phi) is 4.33. The molecule has 3 nitrogen and oxygen atoms in total. The third kappa shape index (κ3) is 2.89. The van der Waals surface area contributed by atoms with Gasteiger partial charge in [0.05, 0.1) is 18.0 Å². The van der Waals surface area contributed by atoms with E-state index in [1.165, 1.54) is 11.3 Å². The third-order valence-electron chi connectivity index (χ3n) is 2.49. The van der Waals surface area contributed by atoms with Gasteiger partial charge in [0.25, 0.3) is 0 Å². The van der Waals surface area contributed by atoms with E-state index in [1.54, 1.807) is 12.5 Å². The average molecular weight is 282 g/mol. The van der Waals surface area contributed by atoms with Crippen LogP contribution in [0.1, 0.15) is 21.1 Å². The number of ether oxygens (including phenoxy) is 1. The highest BCUT2D eigenvalue weighted by molar-refractivity contribution is 7.09. The SMILES string of the molecule is COc1ccccc1Cc1nc(C(=O)CCl)cs1. The maximum atomic E-state index is 11.4. The number of rotatable bonds is 5. The molecule has 0 saturated carbocycles. The molecule has 2 aromatic rings. The van der Waals surface area contributed by atoms with Crippen LogP contribution in [0.25, 0.3) is 0 Å². The van der Waals surface area contributed by atoms with Gasteiger partial charge >= 0.3 is 0 Å². The van der Waals surface area contributed by atoms with Crippen molar-refractivity contribution in [1.29, 1.82) is 0 Å². The fourth-order valence-corrected chi connectivity index (χ4v) is 2.56. The standard InChI is InChI=1S/C13H12ClNO2S/c1-17-12-5-3-2-4-9(12)6-13-15-10(8-18-13)11(16)7-14/h2-5,8H,6-7H2,1H3. The highest BCUT2D eigenvalue weighted by atomic mass is 35.5. The second kappa shape index (κ2) is 5.98. The number of methoxy groups -OCH3 is 1. The Hall–Kier alpha value is -1.39. The molecule has 1 aromatic heterocycles. The van der Waals surface area contributed by atoms with Crippen LogP contribution in [-0.4, -0.2) is 23.8 Å². The van der Waals surface area contributed by atoms with Crippen molar-refractivity contribution in [3.8, 4) is 5.75 Å². The number of benzene rings is 1. The van der Waals surface area contributed by atoms with Crippen molar-refractivity contribution in [3.63, 3.8) is 0 Å². The van der Waals surface area contributed by atoms with Crippen molar-refractivity contribution in [2.45, 2.75) is 6.42 Å². The molecular formula is C13H12ClNO2S. The number of nitrogens with zero attached hydrogens (tertiary/aromatic N) is 1. The number of halogens is 1. The van der Waals surface area contributed by atoms with Gasteiger partial charge in [0, 0.05) is 17.4 Å². The third-order valence-corrected chi connectivity index (χ3v) is 3.58. The summed E-state index contributed by atoms with van der Waals surface area (Å²) in [6.07, 6.45) is 0.657. The Labute approximate surface area is 114 Å². The molecule has 0 bridgehead atoms. The maximum absolute atomic E-state index is 11.4. The molecule has 5 heteroatoms. The van der Waals surface area contributed by atoms with Crippen molar-refractivity contribution in [1.82, 2.24) is 4.98 Å². The van der Waals surface area contributed by atoms with E-state index in [0.29, 0.717) is 12.1 Å². The lowest BCUT2D eigenvalue weighted by atomic mass is 10.1. The molecule has 1 aromatic carbocycles. The number of ketones is 1. The van der Waals surface area contributed by atoms with Gasteiger partial charge in [-0.2, -0.15) is 0 Å². The number of Topliss-reactive ketones (excluding diaryl/α,β-unsaturated/α-hetero) is 1. The van der Waals surface area contributed by atoms with Gasteiger partial charge in [-0.25, -0.2) is 4.98 Å². The quantitative estimate of drug-likeness (QED) is 0.624. The number of aromatic nitrogens is 1. The van der Waals surface area contributed by atoms with E-state index in [0.717, 1.165) is 16.3 Å². The Morgan fingerprint density at radius 3 is 2.94 bits per heavy atom. The largest absolute Gasteiger partial charge is 0.496 e. The van der Waals surface area contributed by atoms with Gasteiger partial charge in [-0.05, 0) is 6.07 Å². The summed E-state index contributed by atoms with van der Waals surface area (Å²) < 4.78 is 5.28. The van der Waals surface area contributed by atoms with E-state index in [1.807, 2.05) is 24.3 Å². The van der Waals surface area contributed by atoms with Crippen molar-refractivity contribution >= 4 is 28.7 Å². The average Bonchev–Trinajstić information content (AvgIpc) is 2.87. The predicted octanol–water partition coefficient (Wildman–Crippen LogP) is 3.16. The highest BCUT2D eigenvalue weighted by Gasteiger charge is 2.11. The second-order valence-corrected chi connectivity index (χ2v) is 4.88. The first-order valence-corrected chi connectivity index (χ1v) is 6.81. The fraction of sp³-hybridized carbons (Fsp3) is 0.231. The van der Waals surface area contributed by atoms with Crippen LogP contribution in [0.4, 0.5) is 0 Å². The van der Waals surface area contributed by atoms with E-state index < -0.39 is 0 Å². The molecule has 0 N–H and O–H groups in total. The van der Waals surface area contributed by atoms with Crippen LogP contribution in [0.2, 0.25) is 0 Å². The molecule has 0 atom stereocenters. The summed E-state index contributed by atoms with van der Waals surface area (Å²) in [7, 11) is 1.64. The van der Waals surface area contributed by atoms with Crippen LogP contribution in [0.5, 0.6) is 5.75 Å². The molecule has 0 aliphatic heterocycles. The van der Waals surface area contributed by atoms with Gasteiger partial charge in [0.2, 0.25) is 0 Å². The molecule has 18 heavy (non-hydrogen) atoms. The molecule has 2 rings (SSSR count). The minimum absolute atomic E-state index is 0.0299. The number of carbonyl (C=O) groups excluding carboxylic acids is 1. The van der Waals surface area contributed by atoms with Crippen LogP contribution < -0.4 is 4.74 Å². The minimum atomic E-state index is -0.140. The molecule has 0 radical (unpaired) electrons. The molecule has 0 amide bonds. The lowest BCUT2D eigenvalue weighted by Gasteiger charge is -2.05. The Balaban J connectivity index is 2.19. The molecule has 1 heterocycles. The number of alkyl halides is 1. The molecule has 0 saturated heterocycles. The first-order valence-electron chi connectivity index (χ1n) is 5.40. The van der Waals surface area contributed by atoms with Gasteiger partial charge in [-0.1, -0.05) is 18.2 Å². The zero-order valence-corrected chi connectivity index (χ0v) is 11.4. The number of hydrogen-bond acceptors (Lipinski definition) is 4. The number of para-hydroxylation sites is 1. The van der Waals surface area contributed by atoms with E-state index in [2.05, 4.69) is 4.98 Å². The minimum Gasteiger partial charge on any atom is -0.496 e. The zero-order chi connectivity index (χ0) is 13.0. The Morgan fingerprint density at radius 1 is 1.44 bits per heavy atom. The van der Waals surface area contributed by atoms with Gasteiger partial charge in [0.1, 0.15) is 11.4 Å². The highest BCUT2D eigenvalue weighted by Crippen LogP contribution is 2.22. The monoisotopic (exact) mass is 281 g/mol. The molecular weight excluding hydrogens is 270 g/mol. The van der Waals surface area contributed by atoms with Crippen LogP contribution in [0.3, 0.4) is 0 Å². The predicted molar refractivity (Wildman–Crippen MR) is 73.0 cm³/mol. The topological polar surface area (TPSA) is 39.2 Å². The van der Waals surface area contributed by atoms with Gasteiger partial charge in [0.15, 0.2) is 5.78 Å². The summed E-state index contributed by atoms with van der Waals surface area (Å²) in [6, 6.07) is 7.78. The summed E-state index contributed by atoms with van der Waals surface area (Å²) >= 11 is 6.96. The molecule has 0 aliphatic carbocycles. The summed E-state index contributed by atoms with van der Waals surface area (Å²) in [5.41, 5.74) is 1.50. The van der Waals surface area contributed by atoms with Gasteiger partial charge in [-0.15, -0.1) is 22.9 Å². The molecule has 0 aliphatic rings. The smallest absolute Gasteiger partial charge is 0.196 e. The molecule has 0 fully saturated rings. The van der Waals surface area contributed by atoms with Gasteiger partial charge < -0.3 is 4.74 Å². The van der Waals surface area contributed by atoms with E-state index in [-0.39, 0.29) is 11.7 Å². The summed E-state index contributed by atoms with van der Waals surface area (Å²) in [5, 5.41) is 2.63. The number of thiazole rings is 1. The number of carbonyl (C=O) groups is 1. The van der Waals surface area contributed by atoms with Gasteiger partial charge in [-0.3, -0.25) is 4.79 Å². The van der Waals surface area contributed by atoms with E-state index >= 15 is 0 Å². The maximum Gasteiger partial charge on any atom is 0.196 e. The van der Waals surface area contributed by atoms with Crippen molar-refractivity contribution < 1.29 is 9.53 Å². The van der Waals surface area contributed by atoms with Crippen molar-refractivity contribution in [2.24, 2.45) is 0 Å². The fourth-order valence-electron chi connectivity index (χ4n) is 1.60. The summed E-state index contributed by atoms with van der Waals surface area (Å²) in [6.45, 7) is 0. The zero-order valence-electron chi connectivity index (χ0n) is 9.85. The van der Waals surface area contributed by atoms with Crippen LogP contribution in [-0.2, 0) is 6.42 Å². The van der Waals surface area contributed by atoms with Crippen molar-refractivity contribution in [2.75, 3.05) is 13.0 Å². The first-order chi connectivity index (χ1) is 8.74. The van der Waals surface area contributed by atoms with E-state index in [4.69, 9.17) is 16.3 Å². The molecule has 0 spiro atoms. The normalized spacial score (nSPS) is 10.3. The van der Waals surface area contributed by atoms with Crippen molar-refractivity contribution in [3.05, 3.63) is 45.9 Å². The van der Waals surface area contributed by atoms with Crippen LogP contribution >= 0.6 is 22.9 Å². The van der Waals surface area contributed by atoms with Crippen LogP contribution in [0, 0.1) is 0 Å². The summed E-state index contributed by atoms with van der Waals surface area (Å²) in [5.74, 6) is 0.662. The van der Waals surface area contributed by atoms with E-state index in [9.17, 15) is 4.79 Å². The Morgan fingerprint density at radius 2 is 2.22 bits per heavy atom. The number of hydrogen-bond donors (Lipinski definition) is 0.